The molecule has 1 heterocycles. The van der Waals surface area contributed by atoms with Crippen LogP contribution in [0.4, 0.5) is 5.69 Å². The van der Waals surface area contributed by atoms with Crippen molar-refractivity contribution >= 4 is 35.0 Å². The van der Waals surface area contributed by atoms with Crippen molar-refractivity contribution < 1.29 is 19.4 Å². The molecule has 1 N–H and O–H groups in total. The van der Waals surface area contributed by atoms with Gasteiger partial charge in [-0.15, -0.1) is 11.3 Å². The van der Waals surface area contributed by atoms with Gasteiger partial charge in [-0.25, -0.2) is 4.79 Å². The fourth-order valence-electron chi connectivity index (χ4n) is 1.22. The molecule has 0 aromatic carbocycles. The molecule has 0 unspecified atom stereocenters. The monoisotopic (exact) mass is 267 g/mol. The number of methoxy groups -OCH3 is 1. The van der Waals surface area contributed by atoms with Crippen molar-refractivity contribution in [3.63, 3.8) is 0 Å². The summed E-state index contributed by atoms with van der Waals surface area (Å²) in [4.78, 5) is 27.0. The number of ether oxygens (including phenoxy) is 1. The van der Waals surface area contributed by atoms with E-state index in [9.17, 15) is 14.7 Å². The lowest BCUT2D eigenvalue weighted by Gasteiger charge is -1.99. The number of carbonyl (C=O) groups is 2. The summed E-state index contributed by atoms with van der Waals surface area (Å²) in [6, 6.07) is 1.64. The molecule has 1 rings (SSSR count). The van der Waals surface area contributed by atoms with E-state index in [1.54, 1.807) is 11.4 Å². The highest BCUT2D eigenvalue weighted by atomic mass is 32.1. The third kappa shape index (κ3) is 3.27. The highest BCUT2D eigenvalue weighted by Crippen LogP contribution is 2.25. The van der Waals surface area contributed by atoms with Crippen LogP contribution in [0.3, 0.4) is 0 Å². The highest BCUT2D eigenvalue weighted by molar-refractivity contribution is 7.12. The second-order valence-electron chi connectivity index (χ2n) is 3.44. The van der Waals surface area contributed by atoms with Crippen molar-refractivity contribution in [3.05, 3.63) is 27.7 Å². The standard InChI is InChI=1S/C12H13NO4S/c1-7(14)9(8(2)15)6-13-10-4-5-18-11(10)12(16)17-3/h4-6,14H,1-3H3. The maximum atomic E-state index is 11.4. The molecule has 96 valence electrons. The molecule has 18 heavy (non-hydrogen) atoms. The Morgan fingerprint density at radius 1 is 1.44 bits per heavy atom. The van der Waals surface area contributed by atoms with Gasteiger partial charge in [0.05, 0.1) is 18.4 Å². The van der Waals surface area contributed by atoms with Crippen LogP contribution in [0.25, 0.3) is 0 Å². The number of carbonyl (C=O) groups excluding carboxylic acids is 2. The van der Waals surface area contributed by atoms with Crippen molar-refractivity contribution in [2.45, 2.75) is 13.8 Å². The molecule has 0 fully saturated rings. The number of aliphatic imine (C=N–C) groups is 1. The van der Waals surface area contributed by atoms with Gasteiger partial charge in [0.25, 0.3) is 0 Å². The molecule has 0 radical (unpaired) electrons. The van der Waals surface area contributed by atoms with Gasteiger partial charge in [0, 0.05) is 6.21 Å². The third-order valence-corrected chi connectivity index (χ3v) is 3.00. The number of aliphatic hydroxyl groups is 1. The quantitative estimate of drug-likeness (QED) is 0.394. The van der Waals surface area contributed by atoms with E-state index in [1.165, 1.54) is 38.5 Å². The van der Waals surface area contributed by atoms with Crippen LogP contribution in [0.2, 0.25) is 0 Å². The van der Waals surface area contributed by atoms with Crippen molar-refractivity contribution in [3.8, 4) is 0 Å². The Morgan fingerprint density at radius 3 is 2.61 bits per heavy atom. The molecule has 0 amide bonds. The van der Waals surface area contributed by atoms with Gasteiger partial charge in [0.1, 0.15) is 10.6 Å². The molecule has 0 saturated heterocycles. The Kier molecular flexibility index (Phi) is 4.79. The van der Waals surface area contributed by atoms with Gasteiger partial charge in [0.15, 0.2) is 5.78 Å². The fraction of sp³-hybridized carbons (Fsp3) is 0.250. The summed E-state index contributed by atoms with van der Waals surface area (Å²) in [6.07, 6.45) is 1.24. The number of nitrogens with zero attached hydrogens (tertiary/aromatic N) is 1. The minimum Gasteiger partial charge on any atom is -0.512 e. The summed E-state index contributed by atoms with van der Waals surface area (Å²) in [5.41, 5.74) is 0.517. The number of esters is 1. The normalized spacial score (nSPS) is 12.4. The molecule has 0 atom stereocenters. The molecular formula is C12H13NO4S. The molecule has 0 bridgehead atoms. The molecule has 1 aromatic rings. The number of allylic oxidation sites excluding steroid dienone is 2. The van der Waals surface area contributed by atoms with Crippen LogP contribution in [0.15, 0.2) is 27.8 Å². The van der Waals surface area contributed by atoms with Crippen LogP contribution in [0.1, 0.15) is 23.5 Å². The molecule has 0 aliphatic rings. The Hall–Kier alpha value is -1.95. The average molecular weight is 267 g/mol. The van der Waals surface area contributed by atoms with E-state index < -0.39 is 5.97 Å². The summed E-state index contributed by atoms with van der Waals surface area (Å²) in [7, 11) is 1.29. The van der Waals surface area contributed by atoms with Gasteiger partial charge >= 0.3 is 5.97 Å². The zero-order valence-electron chi connectivity index (χ0n) is 10.3. The van der Waals surface area contributed by atoms with Crippen molar-refractivity contribution in [2.75, 3.05) is 7.11 Å². The number of aliphatic hydroxyl groups excluding tert-OH is 1. The Bertz CT molecular complexity index is 524. The van der Waals surface area contributed by atoms with Gasteiger partial charge in [-0.1, -0.05) is 0 Å². The van der Waals surface area contributed by atoms with Crippen LogP contribution >= 0.6 is 11.3 Å². The van der Waals surface area contributed by atoms with Crippen LogP contribution in [-0.2, 0) is 9.53 Å². The number of Topliss-reactive ketones (excluding diaryl/α,β-unsaturated/α-hetero) is 1. The molecule has 0 aliphatic carbocycles. The zero-order valence-corrected chi connectivity index (χ0v) is 11.1. The molecular weight excluding hydrogens is 254 g/mol. The Morgan fingerprint density at radius 2 is 2.11 bits per heavy atom. The maximum absolute atomic E-state index is 11.4. The Labute approximate surface area is 108 Å². The minimum atomic E-state index is -0.480. The number of rotatable bonds is 4. The largest absolute Gasteiger partial charge is 0.512 e. The first-order valence-electron chi connectivity index (χ1n) is 5.08. The number of ketones is 1. The average Bonchev–Trinajstić information content (AvgIpc) is 2.75. The van der Waals surface area contributed by atoms with Gasteiger partial charge in [-0.3, -0.25) is 9.79 Å². The first-order chi connectivity index (χ1) is 8.47. The highest BCUT2D eigenvalue weighted by Gasteiger charge is 2.13. The topological polar surface area (TPSA) is 76.0 Å². The van der Waals surface area contributed by atoms with Gasteiger partial charge in [-0.2, -0.15) is 0 Å². The molecule has 0 aliphatic heterocycles. The number of hydrogen-bond donors (Lipinski definition) is 1. The lowest BCUT2D eigenvalue weighted by atomic mass is 10.2. The molecule has 0 spiro atoms. The first kappa shape index (κ1) is 14.1. The zero-order chi connectivity index (χ0) is 13.7. The summed E-state index contributed by atoms with van der Waals surface area (Å²) in [5.74, 6) is -0.888. The third-order valence-electron chi connectivity index (χ3n) is 2.12. The van der Waals surface area contributed by atoms with E-state index in [0.717, 1.165) is 0 Å². The van der Waals surface area contributed by atoms with Gasteiger partial charge in [0.2, 0.25) is 0 Å². The second-order valence-corrected chi connectivity index (χ2v) is 4.36. The van der Waals surface area contributed by atoms with E-state index in [-0.39, 0.29) is 17.1 Å². The molecule has 0 saturated carbocycles. The van der Waals surface area contributed by atoms with Gasteiger partial charge in [-0.05, 0) is 25.3 Å². The molecule has 6 heteroatoms. The van der Waals surface area contributed by atoms with Crippen LogP contribution in [-0.4, -0.2) is 30.2 Å². The van der Waals surface area contributed by atoms with E-state index in [1.807, 2.05) is 0 Å². The van der Waals surface area contributed by atoms with Crippen molar-refractivity contribution in [1.82, 2.24) is 0 Å². The Balaban J connectivity index is 3.05. The van der Waals surface area contributed by atoms with Crippen LogP contribution in [0, 0.1) is 0 Å². The lowest BCUT2D eigenvalue weighted by Crippen LogP contribution is -2.02. The van der Waals surface area contributed by atoms with E-state index in [0.29, 0.717) is 10.6 Å². The van der Waals surface area contributed by atoms with Crippen LogP contribution < -0.4 is 0 Å². The second kappa shape index (κ2) is 6.11. The van der Waals surface area contributed by atoms with E-state index in [4.69, 9.17) is 0 Å². The summed E-state index contributed by atoms with van der Waals surface area (Å²) in [6.45, 7) is 2.73. The number of thiophene rings is 1. The lowest BCUT2D eigenvalue weighted by molar-refractivity contribution is -0.113. The summed E-state index contributed by atoms with van der Waals surface area (Å²) in [5, 5.41) is 11.0. The molecule has 1 aromatic heterocycles. The predicted molar refractivity (Wildman–Crippen MR) is 69.8 cm³/mol. The predicted octanol–water partition coefficient (Wildman–Crippen LogP) is 2.66. The van der Waals surface area contributed by atoms with Gasteiger partial charge < -0.3 is 9.84 Å². The van der Waals surface area contributed by atoms with Crippen LogP contribution in [0.5, 0.6) is 0 Å². The van der Waals surface area contributed by atoms with E-state index in [2.05, 4.69) is 9.73 Å². The first-order valence-corrected chi connectivity index (χ1v) is 5.96. The SMILES string of the molecule is COC(=O)c1sccc1N=CC(C(C)=O)=C(C)O. The summed E-state index contributed by atoms with van der Waals surface area (Å²) < 4.78 is 4.61. The van der Waals surface area contributed by atoms with Crippen molar-refractivity contribution in [2.24, 2.45) is 4.99 Å². The maximum Gasteiger partial charge on any atom is 0.350 e. The van der Waals surface area contributed by atoms with Crippen molar-refractivity contribution in [1.29, 1.82) is 0 Å². The minimum absolute atomic E-state index is 0.108. The summed E-state index contributed by atoms with van der Waals surface area (Å²) >= 11 is 1.20. The fourth-order valence-corrected chi connectivity index (χ4v) is 1.98. The smallest absolute Gasteiger partial charge is 0.350 e. The van der Waals surface area contributed by atoms with E-state index >= 15 is 0 Å². The number of hydrogen-bond acceptors (Lipinski definition) is 6. The molecule has 5 nitrogen and oxygen atoms in total.